The van der Waals surface area contributed by atoms with Gasteiger partial charge in [0.1, 0.15) is 11.7 Å². The molecule has 9 atom stereocenters. The van der Waals surface area contributed by atoms with E-state index in [1.165, 1.54) is 33.1 Å². The maximum atomic E-state index is 11.5. The van der Waals surface area contributed by atoms with Crippen LogP contribution >= 0.6 is 0 Å². The number of fused-ring (bicyclic) bond motifs is 3. The number of esters is 2. The fraction of sp³-hybridized carbons (Fsp3) is 0.920. The number of ether oxygens (including phenoxy) is 3. The monoisotopic (exact) mass is 418 g/mol. The van der Waals surface area contributed by atoms with Crippen LogP contribution in [-0.4, -0.2) is 36.4 Å². The van der Waals surface area contributed by atoms with E-state index in [4.69, 9.17) is 14.2 Å². The van der Waals surface area contributed by atoms with Crippen LogP contribution in [0.25, 0.3) is 0 Å². The number of carbonyl (C=O) groups is 2. The van der Waals surface area contributed by atoms with Crippen molar-refractivity contribution in [3.8, 4) is 0 Å². The fourth-order valence-electron chi connectivity index (χ4n) is 8.95. The number of epoxide rings is 1. The van der Waals surface area contributed by atoms with Gasteiger partial charge in [-0.25, -0.2) is 0 Å². The van der Waals surface area contributed by atoms with Crippen molar-refractivity contribution in [3.05, 3.63) is 0 Å². The Hall–Kier alpha value is -1.10. The molecule has 0 aromatic carbocycles. The third kappa shape index (κ3) is 2.56. The van der Waals surface area contributed by atoms with Gasteiger partial charge in [0.15, 0.2) is 0 Å². The van der Waals surface area contributed by atoms with Crippen molar-refractivity contribution in [3.63, 3.8) is 0 Å². The van der Waals surface area contributed by atoms with Crippen LogP contribution in [-0.2, 0) is 23.8 Å². The van der Waals surface area contributed by atoms with E-state index >= 15 is 0 Å². The van der Waals surface area contributed by atoms with Crippen LogP contribution < -0.4 is 0 Å². The molecule has 1 aliphatic heterocycles. The highest BCUT2D eigenvalue weighted by atomic mass is 16.6. The van der Waals surface area contributed by atoms with Gasteiger partial charge >= 0.3 is 11.9 Å². The van der Waals surface area contributed by atoms with Crippen LogP contribution in [0.3, 0.4) is 0 Å². The minimum Gasteiger partial charge on any atom is -0.466 e. The SMILES string of the molecule is CC(=O)OC[C@@H]1C[C@@H]2O[C@@]23[C@@H]2CC[C@]4(C)C[C@H](OC(C)=O)CC[C@]4(C)[C@H]2CC[C@@]13C. The summed E-state index contributed by atoms with van der Waals surface area (Å²) >= 11 is 0. The van der Waals surface area contributed by atoms with Gasteiger partial charge < -0.3 is 14.2 Å². The van der Waals surface area contributed by atoms with Gasteiger partial charge in [0.05, 0.1) is 12.7 Å². The van der Waals surface area contributed by atoms with Crippen LogP contribution in [0.15, 0.2) is 0 Å². The minimum absolute atomic E-state index is 0.00218. The van der Waals surface area contributed by atoms with Crippen molar-refractivity contribution >= 4 is 11.9 Å². The zero-order chi connectivity index (χ0) is 21.5. The number of rotatable bonds is 3. The molecule has 1 saturated heterocycles. The summed E-state index contributed by atoms with van der Waals surface area (Å²) in [6.07, 6.45) is 9.37. The molecule has 0 bridgehead atoms. The third-order valence-electron chi connectivity index (χ3n) is 10.8. The average Bonchev–Trinajstić information content (AvgIpc) is 3.31. The quantitative estimate of drug-likeness (QED) is 0.493. The summed E-state index contributed by atoms with van der Waals surface area (Å²) in [5.74, 6) is 1.37. The highest BCUT2D eigenvalue weighted by molar-refractivity contribution is 5.66. The molecule has 0 aromatic heterocycles. The molecule has 1 heterocycles. The standard InChI is InChI=1S/C25H38O5/c1-15(26)28-14-17-12-21-25(30-21)20-7-9-22(3)13-18(29-16(2)27)6-10-24(22,5)19(20)8-11-23(17,25)4/h17-21H,6-14H2,1-5H3/t17-,18+,19-,20+,21-,22+,23-,24+,25-/m0/s1. The molecule has 1 spiro atoms. The molecular formula is C25H38O5. The Labute approximate surface area is 180 Å². The Bertz CT molecular complexity index is 763. The molecule has 0 radical (unpaired) electrons. The molecule has 5 fully saturated rings. The molecule has 5 rings (SSSR count). The number of hydrogen-bond acceptors (Lipinski definition) is 5. The lowest BCUT2D eigenvalue weighted by molar-refractivity contribution is -0.192. The first-order valence-electron chi connectivity index (χ1n) is 12.0. The molecular weight excluding hydrogens is 380 g/mol. The van der Waals surface area contributed by atoms with Crippen molar-refractivity contribution in [2.45, 2.75) is 104 Å². The molecule has 5 nitrogen and oxygen atoms in total. The third-order valence-corrected chi connectivity index (χ3v) is 10.8. The summed E-state index contributed by atoms with van der Waals surface area (Å²) in [5.41, 5.74) is 0.606. The molecule has 4 aliphatic carbocycles. The van der Waals surface area contributed by atoms with Gasteiger partial charge in [0, 0.05) is 25.2 Å². The van der Waals surface area contributed by atoms with E-state index < -0.39 is 0 Å². The lowest BCUT2D eigenvalue weighted by atomic mass is 9.40. The van der Waals surface area contributed by atoms with Crippen LogP contribution in [0.1, 0.15) is 86.0 Å². The van der Waals surface area contributed by atoms with Gasteiger partial charge in [0.25, 0.3) is 0 Å². The average molecular weight is 419 g/mol. The Morgan fingerprint density at radius 3 is 2.33 bits per heavy atom. The summed E-state index contributed by atoms with van der Waals surface area (Å²) in [4.78, 5) is 23.0. The first-order valence-corrected chi connectivity index (χ1v) is 12.0. The second kappa shape index (κ2) is 6.46. The van der Waals surface area contributed by atoms with Gasteiger partial charge in [-0.05, 0) is 74.0 Å². The summed E-state index contributed by atoms with van der Waals surface area (Å²) in [6, 6.07) is 0. The van der Waals surface area contributed by atoms with Crippen LogP contribution in [0.2, 0.25) is 0 Å². The van der Waals surface area contributed by atoms with E-state index in [1.807, 2.05) is 0 Å². The van der Waals surface area contributed by atoms with Crippen LogP contribution in [0.4, 0.5) is 0 Å². The van der Waals surface area contributed by atoms with Crippen molar-refractivity contribution in [2.24, 2.45) is 34.0 Å². The smallest absolute Gasteiger partial charge is 0.302 e. The van der Waals surface area contributed by atoms with Gasteiger partial charge in [-0.3, -0.25) is 9.59 Å². The summed E-state index contributed by atoms with van der Waals surface area (Å²) in [5, 5.41) is 0. The van der Waals surface area contributed by atoms with E-state index in [-0.39, 0.29) is 39.9 Å². The first-order chi connectivity index (χ1) is 14.1. The topological polar surface area (TPSA) is 65.1 Å². The first kappa shape index (κ1) is 20.8. The predicted molar refractivity (Wildman–Crippen MR) is 112 cm³/mol. The lowest BCUT2D eigenvalue weighted by Crippen LogP contribution is -2.62. The second-order valence-corrected chi connectivity index (χ2v) is 11.8. The van der Waals surface area contributed by atoms with Crippen LogP contribution in [0.5, 0.6) is 0 Å². The summed E-state index contributed by atoms with van der Waals surface area (Å²) in [6.45, 7) is 11.0. The Morgan fingerprint density at radius 1 is 0.933 bits per heavy atom. The highest BCUT2D eigenvalue weighted by Gasteiger charge is 2.81. The molecule has 4 saturated carbocycles. The Kier molecular flexibility index (Phi) is 4.48. The largest absolute Gasteiger partial charge is 0.466 e. The van der Waals surface area contributed by atoms with Gasteiger partial charge in [0.2, 0.25) is 0 Å². The molecule has 0 aromatic rings. The second-order valence-electron chi connectivity index (χ2n) is 11.8. The zero-order valence-corrected chi connectivity index (χ0v) is 19.3. The normalized spacial score (nSPS) is 53.6. The van der Waals surface area contributed by atoms with Crippen molar-refractivity contribution in [1.29, 1.82) is 0 Å². The predicted octanol–water partition coefficient (Wildman–Crippen LogP) is 4.66. The highest BCUT2D eigenvalue weighted by Crippen LogP contribution is 2.77. The molecule has 168 valence electrons. The van der Waals surface area contributed by atoms with E-state index in [0.717, 1.165) is 32.1 Å². The van der Waals surface area contributed by atoms with Crippen molar-refractivity contribution in [1.82, 2.24) is 0 Å². The van der Waals surface area contributed by atoms with Crippen LogP contribution in [0, 0.1) is 34.0 Å². The number of hydrogen-bond donors (Lipinski definition) is 0. The molecule has 0 unspecified atom stereocenters. The molecule has 0 N–H and O–H groups in total. The van der Waals surface area contributed by atoms with Gasteiger partial charge in [-0.1, -0.05) is 20.8 Å². The molecule has 5 aliphatic rings. The fourth-order valence-corrected chi connectivity index (χ4v) is 8.95. The Morgan fingerprint density at radius 2 is 1.63 bits per heavy atom. The van der Waals surface area contributed by atoms with Gasteiger partial charge in [-0.2, -0.15) is 0 Å². The summed E-state index contributed by atoms with van der Waals surface area (Å²) in [7, 11) is 0. The minimum atomic E-state index is -0.173. The van der Waals surface area contributed by atoms with E-state index in [2.05, 4.69) is 20.8 Å². The van der Waals surface area contributed by atoms with E-state index in [0.29, 0.717) is 30.5 Å². The maximum Gasteiger partial charge on any atom is 0.302 e. The summed E-state index contributed by atoms with van der Waals surface area (Å²) < 4.78 is 17.7. The van der Waals surface area contributed by atoms with E-state index in [9.17, 15) is 9.59 Å². The molecule has 0 amide bonds. The maximum absolute atomic E-state index is 11.5. The Balaban J connectivity index is 1.39. The van der Waals surface area contributed by atoms with Crippen molar-refractivity contribution in [2.75, 3.05) is 6.61 Å². The zero-order valence-electron chi connectivity index (χ0n) is 19.3. The van der Waals surface area contributed by atoms with Crippen molar-refractivity contribution < 1.29 is 23.8 Å². The molecule has 30 heavy (non-hydrogen) atoms. The lowest BCUT2D eigenvalue weighted by Gasteiger charge is -2.65. The number of carbonyl (C=O) groups excluding carboxylic acids is 2. The molecule has 5 heteroatoms. The van der Waals surface area contributed by atoms with Gasteiger partial charge in [-0.15, -0.1) is 0 Å². The van der Waals surface area contributed by atoms with E-state index in [1.54, 1.807) is 0 Å².